The minimum Gasteiger partial charge on any atom is -0.350 e. The molecule has 2 aromatic carbocycles. The van der Waals surface area contributed by atoms with Gasteiger partial charge < -0.3 is 15.0 Å². The zero-order valence-electron chi connectivity index (χ0n) is 22.4. The fourth-order valence-electron chi connectivity index (χ4n) is 5.73. The summed E-state index contributed by atoms with van der Waals surface area (Å²) in [6.45, 7) is 10.0. The van der Waals surface area contributed by atoms with Crippen LogP contribution < -0.4 is 5.32 Å². The van der Waals surface area contributed by atoms with Crippen molar-refractivity contribution in [2.45, 2.75) is 69.4 Å². The average molecular weight is 528 g/mol. The van der Waals surface area contributed by atoms with Crippen LogP contribution in [0.25, 0.3) is 0 Å². The molecule has 8 heteroatoms. The molecular weight excluding hydrogens is 486 g/mol. The van der Waals surface area contributed by atoms with E-state index in [2.05, 4.69) is 22.3 Å². The van der Waals surface area contributed by atoms with E-state index in [1.54, 1.807) is 0 Å². The highest BCUT2D eigenvalue weighted by atomic mass is 32.2. The van der Waals surface area contributed by atoms with Gasteiger partial charge in [-0.2, -0.15) is 0 Å². The summed E-state index contributed by atoms with van der Waals surface area (Å²) >= 11 is 0. The Bertz CT molecular complexity index is 1140. The average Bonchev–Trinajstić information content (AvgIpc) is 3.10. The number of hydrogen-bond donors (Lipinski definition) is 1. The van der Waals surface area contributed by atoms with Gasteiger partial charge in [-0.05, 0) is 63.3 Å². The van der Waals surface area contributed by atoms with Crippen molar-refractivity contribution in [2.24, 2.45) is 0 Å². The van der Waals surface area contributed by atoms with Crippen LogP contribution in [-0.2, 0) is 25.9 Å². The lowest BCUT2D eigenvalue weighted by molar-refractivity contribution is -0.137. The van der Waals surface area contributed by atoms with Crippen molar-refractivity contribution < 1.29 is 17.9 Å². The van der Waals surface area contributed by atoms with Crippen molar-refractivity contribution in [1.82, 2.24) is 15.1 Å². The number of sulfone groups is 1. The maximum atomic E-state index is 13.9. The number of ether oxygens (including phenoxy) is 1. The molecular formula is C29H41N3O4S. The van der Waals surface area contributed by atoms with E-state index in [4.69, 9.17) is 4.74 Å². The summed E-state index contributed by atoms with van der Waals surface area (Å²) < 4.78 is 34.0. The highest BCUT2D eigenvalue weighted by Gasteiger charge is 2.39. The second-order valence-electron chi connectivity index (χ2n) is 10.5. The Labute approximate surface area is 222 Å². The molecule has 2 aromatic rings. The molecule has 0 aliphatic carbocycles. The van der Waals surface area contributed by atoms with E-state index in [1.165, 1.54) is 5.56 Å². The molecule has 37 heavy (non-hydrogen) atoms. The quantitative estimate of drug-likeness (QED) is 0.565. The van der Waals surface area contributed by atoms with Crippen molar-refractivity contribution in [2.75, 3.05) is 39.3 Å². The number of hydrogen-bond acceptors (Lipinski definition) is 6. The van der Waals surface area contributed by atoms with E-state index >= 15 is 0 Å². The topological polar surface area (TPSA) is 79.0 Å². The number of amides is 1. The van der Waals surface area contributed by atoms with Crippen molar-refractivity contribution in [1.29, 1.82) is 0 Å². The van der Waals surface area contributed by atoms with Gasteiger partial charge in [0.25, 0.3) is 0 Å². The monoisotopic (exact) mass is 527 g/mol. The molecule has 2 aliphatic heterocycles. The standard InChI is InChI=1S/C29H41N3O4S/c1-22-18-23(2)28(24(3)19-22)37(34,35)29(26-12-7-8-13-30-26)36-21-27(33)32-15-9-14-31(16-17-32)20-25-10-5-4-6-11-25/h4-6,10-11,18-19,26,29-30H,7-9,12-17,20-21H2,1-3H3. The number of aryl methyl sites for hydroxylation is 3. The molecule has 2 fully saturated rings. The molecule has 2 saturated heterocycles. The molecule has 4 rings (SSSR count). The summed E-state index contributed by atoms with van der Waals surface area (Å²) in [6, 6.07) is 13.8. The maximum Gasteiger partial charge on any atom is 0.248 e. The third-order valence-electron chi connectivity index (χ3n) is 7.43. The van der Waals surface area contributed by atoms with Crippen molar-refractivity contribution >= 4 is 15.7 Å². The summed E-state index contributed by atoms with van der Waals surface area (Å²) in [5.74, 6) is -0.144. The summed E-state index contributed by atoms with van der Waals surface area (Å²) in [6.07, 6.45) is 3.54. The summed E-state index contributed by atoms with van der Waals surface area (Å²) in [7, 11) is -3.82. The van der Waals surface area contributed by atoms with Crippen LogP contribution in [0.3, 0.4) is 0 Å². The van der Waals surface area contributed by atoms with Gasteiger partial charge in [-0.15, -0.1) is 0 Å². The molecule has 0 aromatic heterocycles. The first-order valence-corrected chi connectivity index (χ1v) is 15.0. The van der Waals surface area contributed by atoms with Gasteiger partial charge >= 0.3 is 0 Å². The Hall–Kier alpha value is -2.26. The minimum absolute atomic E-state index is 0.144. The molecule has 202 valence electrons. The number of piperidine rings is 1. The van der Waals surface area contributed by atoms with Gasteiger partial charge in [0.05, 0.1) is 4.90 Å². The fourth-order valence-corrected chi connectivity index (χ4v) is 7.89. The Kier molecular flexibility index (Phi) is 9.40. The number of carbonyl (C=O) groups excluding carboxylic acids is 1. The molecule has 2 aliphatic rings. The molecule has 2 heterocycles. The van der Waals surface area contributed by atoms with Crippen molar-refractivity contribution in [3.05, 3.63) is 64.7 Å². The molecule has 7 nitrogen and oxygen atoms in total. The van der Waals surface area contributed by atoms with Crippen LogP contribution >= 0.6 is 0 Å². The highest BCUT2D eigenvalue weighted by molar-refractivity contribution is 7.92. The SMILES string of the molecule is Cc1cc(C)c(S(=O)(=O)C(OCC(=O)N2CCCN(Cc3ccccc3)CC2)C2CCCCN2)c(C)c1. The Morgan fingerprint density at radius 1 is 1.00 bits per heavy atom. The summed E-state index contributed by atoms with van der Waals surface area (Å²) in [4.78, 5) is 17.7. The van der Waals surface area contributed by atoms with Gasteiger partial charge in [0, 0.05) is 38.8 Å². The van der Waals surface area contributed by atoms with Gasteiger partial charge in [-0.1, -0.05) is 54.4 Å². The molecule has 0 saturated carbocycles. The minimum atomic E-state index is -3.82. The molecule has 0 spiro atoms. The van der Waals surface area contributed by atoms with Crippen LogP contribution in [0.2, 0.25) is 0 Å². The van der Waals surface area contributed by atoms with Crippen LogP contribution in [0.15, 0.2) is 47.4 Å². The molecule has 2 atom stereocenters. The van der Waals surface area contributed by atoms with Crippen LogP contribution in [0.5, 0.6) is 0 Å². The lowest BCUT2D eigenvalue weighted by Gasteiger charge is -2.32. The second-order valence-corrected chi connectivity index (χ2v) is 12.5. The predicted octanol–water partition coefficient (Wildman–Crippen LogP) is 3.60. The first kappa shape index (κ1) is 27.8. The van der Waals surface area contributed by atoms with Gasteiger partial charge in [0.2, 0.25) is 15.7 Å². The summed E-state index contributed by atoms with van der Waals surface area (Å²) in [5, 5.41) is 3.35. The van der Waals surface area contributed by atoms with Gasteiger partial charge in [0.1, 0.15) is 6.61 Å². The van der Waals surface area contributed by atoms with Crippen molar-refractivity contribution in [3.63, 3.8) is 0 Å². The molecule has 0 bridgehead atoms. The van der Waals surface area contributed by atoms with Crippen molar-refractivity contribution in [3.8, 4) is 0 Å². The number of rotatable bonds is 8. The largest absolute Gasteiger partial charge is 0.350 e. The van der Waals surface area contributed by atoms with Crippen LogP contribution in [0.1, 0.15) is 47.9 Å². The van der Waals surface area contributed by atoms with Gasteiger partial charge in [0.15, 0.2) is 5.44 Å². The Morgan fingerprint density at radius 3 is 2.41 bits per heavy atom. The van der Waals surface area contributed by atoms with Crippen LogP contribution in [-0.4, -0.2) is 74.9 Å². The number of benzene rings is 2. The highest BCUT2D eigenvalue weighted by Crippen LogP contribution is 2.29. The van der Waals surface area contributed by atoms with Crippen LogP contribution in [0.4, 0.5) is 0 Å². The Morgan fingerprint density at radius 2 is 1.73 bits per heavy atom. The van der Waals surface area contributed by atoms with E-state index in [0.29, 0.717) is 24.4 Å². The normalized spacial score (nSPS) is 20.4. The number of nitrogens with one attached hydrogen (secondary N) is 1. The number of carbonyl (C=O) groups is 1. The van der Waals surface area contributed by atoms with E-state index in [-0.39, 0.29) is 18.6 Å². The lowest BCUT2D eigenvalue weighted by Crippen LogP contribution is -2.49. The molecule has 0 radical (unpaired) electrons. The lowest BCUT2D eigenvalue weighted by atomic mass is 10.1. The van der Waals surface area contributed by atoms with Gasteiger partial charge in [-0.25, -0.2) is 8.42 Å². The molecule has 1 N–H and O–H groups in total. The first-order valence-electron chi connectivity index (χ1n) is 13.5. The smallest absolute Gasteiger partial charge is 0.248 e. The fraction of sp³-hybridized carbons (Fsp3) is 0.552. The van der Waals surface area contributed by atoms with Gasteiger partial charge in [-0.3, -0.25) is 9.69 Å². The third kappa shape index (κ3) is 6.99. The third-order valence-corrected chi connectivity index (χ3v) is 9.72. The second kappa shape index (κ2) is 12.5. The zero-order valence-corrected chi connectivity index (χ0v) is 23.2. The van der Waals surface area contributed by atoms with E-state index in [9.17, 15) is 13.2 Å². The number of nitrogens with zero attached hydrogens (tertiary/aromatic N) is 2. The van der Waals surface area contributed by atoms with Crippen LogP contribution in [0, 0.1) is 20.8 Å². The summed E-state index contributed by atoms with van der Waals surface area (Å²) in [5.41, 5.74) is 2.64. The predicted molar refractivity (Wildman–Crippen MR) is 146 cm³/mol. The first-order chi connectivity index (χ1) is 17.8. The van der Waals surface area contributed by atoms with E-state index < -0.39 is 15.3 Å². The Balaban J connectivity index is 1.44. The molecule has 2 unspecified atom stereocenters. The zero-order chi connectivity index (χ0) is 26.4. The van der Waals surface area contributed by atoms with E-state index in [0.717, 1.165) is 62.1 Å². The molecule has 1 amide bonds. The maximum absolute atomic E-state index is 13.9. The van der Waals surface area contributed by atoms with E-state index in [1.807, 2.05) is 56.0 Å².